The van der Waals surface area contributed by atoms with Gasteiger partial charge in [-0.05, 0) is 53.3 Å². The number of amides is 1. The van der Waals surface area contributed by atoms with E-state index in [-0.39, 0.29) is 11.4 Å². The number of benzene rings is 1. The number of rotatable bonds is 8. The van der Waals surface area contributed by atoms with Gasteiger partial charge in [-0.1, -0.05) is 18.2 Å². The van der Waals surface area contributed by atoms with Crippen LogP contribution in [0.4, 0.5) is 5.82 Å². The van der Waals surface area contributed by atoms with Crippen molar-refractivity contribution in [3.8, 4) is 5.75 Å². The first-order valence-electron chi connectivity index (χ1n) is 8.99. The summed E-state index contributed by atoms with van der Waals surface area (Å²) in [6.45, 7) is 9.87. The summed E-state index contributed by atoms with van der Waals surface area (Å²) in [5, 5.41) is 7.45. The smallest absolute Gasteiger partial charge is 0.239 e. The lowest BCUT2D eigenvalue weighted by Crippen LogP contribution is -2.33. The Balaban J connectivity index is 1.75. The van der Waals surface area contributed by atoms with Crippen molar-refractivity contribution in [3.05, 3.63) is 42.1 Å². The predicted molar refractivity (Wildman–Crippen MR) is 105 cm³/mol. The molecular formula is C20H30N4O2. The van der Waals surface area contributed by atoms with Crippen LogP contribution in [0.5, 0.6) is 5.75 Å². The number of aryl methyl sites for hydroxylation is 1. The Bertz CT molecular complexity index is 704. The molecular weight excluding hydrogens is 328 g/mol. The van der Waals surface area contributed by atoms with E-state index < -0.39 is 0 Å². The Morgan fingerprint density at radius 3 is 2.62 bits per heavy atom. The van der Waals surface area contributed by atoms with Crippen LogP contribution < -0.4 is 10.1 Å². The number of anilines is 1. The molecule has 0 radical (unpaired) electrons. The van der Waals surface area contributed by atoms with Gasteiger partial charge in [0.1, 0.15) is 11.6 Å². The molecule has 1 aromatic heterocycles. The van der Waals surface area contributed by atoms with E-state index in [1.807, 2.05) is 60.0 Å². The number of likely N-dealkylation sites (N-methyl/N-ethyl adjacent to an activating group) is 1. The zero-order chi connectivity index (χ0) is 19.2. The van der Waals surface area contributed by atoms with Gasteiger partial charge in [0.25, 0.3) is 0 Å². The van der Waals surface area contributed by atoms with E-state index in [0.29, 0.717) is 13.2 Å². The van der Waals surface area contributed by atoms with Gasteiger partial charge in [0.05, 0.1) is 24.4 Å². The van der Waals surface area contributed by atoms with Gasteiger partial charge >= 0.3 is 0 Å². The van der Waals surface area contributed by atoms with E-state index in [1.165, 1.54) is 0 Å². The first-order chi connectivity index (χ1) is 12.3. The molecule has 1 amide bonds. The molecule has 2 rings (SSSR count). The third-order valence-corrected chi connectivity index (χ3v) is 3.84. The van der Waals surface area contributed by atoms with Crippen LogP contribution in [0.3, 0.4) is 0 Å². The molecule has 0 unspecified atom stereocenters. The molecule has 0 bridgehead atoms. The number of carbonyl (C=O) groups is 1. The van der Waals surface area contributed by atoms with Crippen LogP contribution in [0.2, 0.25) is 0 Å². The van der Waals surface area contributed by atoms with Crippen molar-refractivity contribution >= 4 is 11.7 Å². The highest BCUT2D eigenvalue weighted by Gasteiger charge is 2.20. The average Bonchev–Trinajstić information content (AvgIpc) is 2.93. The summed E-state index contributed by atoms with van der Waals surface area (Å²) in [6, 6.07) is 11.7. The molecule has 0 saturated carbocycles. The van der Waals surface area contributed by atoms with Crippen LogP contribution in [0.25, 0.3) is 0 Å². The summed E-state index contributed by atoms with van der Waals surface area (Å²) in [5.41, 5.74) is 0.707. The highest BCUT2D eigenvalue weighted by Crippen LogP contribution is 2.21. The maximum absolute atomic E-state index is 12.3. The minimum absolute atomic E-state index is 0.0399. The van der Waals surface area contributed by atoms with Crippen LogP contribution >= 0.6 is 0 Å². The van der Waals surface area contributed by atoms with Crippen LogP contribution in [0.15, 0.2) is 36.4 Å². The fourth-order valence-corrected chi connectivity index (χ4v) is 2.65. The second-order valence-electron chi connectivity index (χ2n) is 7.55. The van der Waals surface area contributed by atoms with Crippen molar-refractivity contribution in [2.75, 3.05) is 32.1 Å². The van der Waals surface area contributed by atoms with Crippen molar-refractivity contribution < 1.29 is 9.53 Å². The number of nitrogens with one attached hydrogen (secondary N) is 1. The van der Waals surface area contributed by atoms with E-state index in [2.05, 4.69) is 31.2 Å². The molecule has 6 heteroatoms. The van der Waals surface area contributed by atoms with E-state index in [9.17, 15) is 4.79 Å². The highest BCUT2D eigenvalue weighted by molar-refractivity contribution is 5.91. The molecule has 0 spiro atoms. The largest absolute Gasteiger partial charge is 0.494 e. The third kappa shape index (κ3) is 6.19. The first kappa shape index (κ1) is 20.0. The maximum atomic E-state index is 12.3. The molecule has 0 atom stereocenters. The Morgan fingerprint density at radius 1 is 1.27 bits per heavy atom. The molecule has 0 saturated heterocycles. The molecule has 0 aliphatic carbocycles. The van der Waals surface area contributed by atoms with Crippen LogP contribution in [0, 0.1) is 6.92 Å². The minimum Gasteiger partial charge on any atom is -0.494 e. The molecule has 0 aliphatic rings. The molecule has 0 aliphatic heterocycles. The van der Waals surface area contributed by atoms with Crippen molar-refractivity contribution in [1.82, 2.24) is 14.7 Å². The summed E-state index contributed by atoms with van der Waals surface area (Å²) in [6.07, 6.45) is 0.859. The van der Waals surface area contributed by atoms with E-state index in [0.717, 1.165) is 30.2 Å². The summed E-state index contributed by atoms with van der Waals surface area (Å²) < 4.78 is 7.53. The lowest BCUT2D eigenvalue weighted by molar-refractivity contribution is -0.117. The van der Waals surface area contributed by atoms with Crippen molar-refractivity contribution in [3.63, 3.8) is 0 Å². The Hall–Kier alpha value is -2.34. The van der Waals surface area contributed by atoms with Gasteiger partial charge in [0, 0.05) is 12.6 Å². The van der Waals surface area contributed by atoms with Crippen molar-refractivity contribution in [2.45, 2.75) is 39.7 Å². The fourth-order valence-electron chi connectivity index (χ4n) is 2.65. The standard InChI is InChI=1S/C20H30N4O2/c1-16-14-18(24(22-16)20(2,3)4)21-19(25)15-23(5)12-9-13-26-17-10-7-6-8-11-17/h6-8,10-11,14H,9,12-13,15H2,1-5H3,(H,21,25). The SMILES string of the molecule is Cc1cc(NC(=O)CN(C)CCCOc2ccccc2)n(C(C)(C)C)n1. The molecule has 142 valence electrons. The van der Waals surface area contributed by atoms with E-state index in [4.69, 9.17) is 4.74 Å². The van der Waals surface area contributed by atoms with Crippen molar-refractivity contribution in [1.29, 1.82) is 0 Å². The van der Waals surface area contributed by atoms with E-state index in [1.54, 1.807) is 0 Å². The second-order valence-corrected chi connectivity index (χ2v) is 7.55. The van der Waals surface area contributed by atoms with Gasteiger partial charge < -0.3 is 10.1 Å². The van der Waals surface area contributed by atoms with Gasteiger partial charge in [-0.3, -0.25) is 9.69 Å². The number of nitrogens with zero attached hydrogens (tertiary/aromatic N) is 3. The number of ether oxygens (including phenoxy) is 1. The third-order valence-electron chi connectivity index (χ3n) is 3.84. The Morgan fingerprint density at radius 2 is 1.96 bits per heavy atom. The fraction of sp³-hybridized carbons (Fsp3) is 0.500. The predicted octanol–water partition coefficient (Wildman–Crippen LogP) is 3.29. The number of hydrogen-bond donors (Lipinski definition) is 1. The normalized spacial score (nSPS) is 11.6. The van der Waals surface area contributed by atoms with Gasteiger partial charge in [-0.25, -0.2) is 4.68 Å². The van der Waals surface area contributed by atoms with Gasteiger partial charge in [0.2, 0.25) is 5.91 Å². The van der Waals surface area contributed by atoms with E-state index >= 15 is 0 Å². The molecule has 6 nitrogen and oxygen atoms in total. The zero-order valence-electron chi connectivity index (χ0n) is 16.5. The van der Waals surface area contributed by atoms with Crippen LogP contribution in [-0.2, 0) is 10.3 Å². The number of para-hydroxylation sites is 1. The minimum atomic E-state index is -0.183. The lowest BCUT2D eigenvalue weighted by atomic mass is 10.1. The Labute approximate surface area is 156 Å². The maximum Gasteiger partial charge on any atom is 0.239 e. The molecule has 2 aromatic rings. The summed E-state index contributed by atoms with van der Waals surface area (Å²) in [7, 11) is 1.94. The lowest BCUT2D eigenvalue weighted by Gasteiger charge is -2.23. The van der Waals surface area contributed by atoms with Crippen LogP contribution in [0.1, 0.15) is 32.9 Å². The molecule has 0 fully saturated rings. The summed E-state index contributed by atoms with van der Waals surface area (Å²) >= 11 is 0. The summed E-state index contributed by atoms with van der Waals surface area (Å²) in [4.78, 5) is 14.3. The topological polar surface area (TPSA) is 59.4 Å². The monoisotopic (exact) mass is 358 g/mol. The average molecular weight is 358 g/mol. The second kappa shape index (κ2) is 8.85. The molecule has 26 heavy (non-hydrogen) atoms. The molecule has 1 aromatic carbocycles. The van der Waals surface area contributed by atoms with Gasteiger partial charge in [-0.15, -0.1) is 0 Å². The number of carbonyl (C=O) groups excluding carboxylic acids is 1. The quantitative estimate of drug-likeness (QED) is 0.736. The molecule has 1 N–H and O–H groups in total. The Kier molecular flexibility index (Phi) is 6.80. The number of hydrogen-bond acceptors (Lipinski definition) is 4. The van der Waals surface area contributed by atoms with Crippen LogP contribution in [-0.4, -0.2) is 47.3 Å². The highest BCUT2D eigenvalue weighted by atomic mass is 16.5. The first-order valence-corrected chi connectivity index (χ1v) is 8.99. The molecule has 1 heterocycles. The zero-order valence-corrected chi connectivity index (χ0v) is 16.5. The van der Waals surface area contributed by atoms with Crippen molar-refractivity contribution in [2.24, 2.45) is 0 Å². The van der Waals surface area contributed by atoms with Gasteiger partial charge in [-0.2, -0.15) is 5.10 Å². The number of aromatic nitrogens is 2. The summed E-state index contributed by atoms with van der Waals surface area (Å²) in [5.74, 6) is 1.57. The van der Waals surface area contributed by atoms with Gasteiger partial charge in [0.15, 0.2) is 0 Å².